The van der Waals surface area contributed by atoms with Crippen LogP contribution in [0.5, 0.6) is 17.2 Å². The number of benzene rings is 3. The molecule has 4 rings (SSSR count). The Bertz CT molecular complexity index is 1510. The molecule has 0 unspecified atom stereocenters. The van der Waals surface area contributed by atoms with E-state index < -0.39 is 28.5 Å². The van der Waals surface area contributed by atoms with Crippen LogP contribution in [-0.4, -0.2) is 64.6 Å². The summed E-state index contributed by atoms with van der Waals surface area (Å²) in [6, 6.07) is 19.1. The Morgan fingerprint density at radius 2 is 1.67 bits per heavy atom. The number of hydrogen-bond acceptors (Lipinski definition) is 7. The maximum absolute atomic E-state index is 14.2. The first kappa shape index (κ1) is 31.7. The van der Waals surface area contributed by atoms with E-state index in [4.69, 9.17) is 14.2 Å². The zero-order chi connectivity index (χ0) is 31.0. The molecule has 0 bridgehead atoms. The van der Waals surface area contributed by atoms with Gasteiger partial charge in [-0.1, -0.05) is 51.1 Å². The second-order valence-corrected chi connectivity index (χ2v) is 12.5. The summed E-state index contributed by atoms with van der Waals surface area (Å²) in [5.74, 6) is 0.855. The average molecular weight is 610 g/mol. The van der Waals surface area contributed by atoms with E-state index in [1.807, 2.05) is 26.8 Å². The van der Waals surface area contributed by atoms with Gasteiger partial charge in [-0.25, -0.2) is 8.42 Å². The molecule has 0 aliphatic carbocycles. The molecule has 0 aromatic heterocycles. The summed E-state index contributed by atoms with van der Waals surface area (Å²) in [4.78, 5) is 29.1. The molecule has 1 N–H and O–H groups in total. The first-order chi connectivity index (χ1) is 20.6. The van der Waals surface area contributed by atoms with Crippen LogP contribution in [-0.2, 0) is 26.2 Å². The zero-order valence-electron chi connectivity index (χ0n) is 25.0. The van der Waals surface area contributed by atoms with Crippen molar-refractivity contribution in [3.8, 4) is 17.2 Å². The average Bonchev–Trinajstić information content (AvgIpc) is 3.02. The molecule has 1 heterocycles. The summed E-state index contributed by atoms with van der Waals surface area (Å²) in [7, 11) is -2.65. The van der Waals surface area contributed by atoms with Gasteiger partial charge >= 0.3 is 0 Å². The van der Waals surface area contributed by atoms with Crippen LogP contribution in [0.2, 0.25) is 0 Å². The number of sulfonamides is 1. The lowest BCUT2D eigenvalue weighted by molar-refractivity contribution is -0.140. The molecule has 230 valence electrons. The van der Waals surface area contributed by atoms with Gasteiger partial charge in [0.05, 0.1) is 17.7 Å². The number of carbonyl (C=O) groups is 2. The number of rotatable bonds is 13. The predicted octanol–water partition coefficient (Wildman–Crippen LogP) is 4.24. The van der Waals surface area contributed by atoms with Gasteiger partial charge < -0.3 is 24.4 Å². The predicted molar refractivity (Wildman–Crippen MR) is 164 cm³/mol. The highest BCUT2D eigenvalue weighted by Gasteiger charge is 2.34. The first-order valence-electron chi connectivity index (χ1n) is 14.3. The number of carbonyl (C=O) groups excluding carboxylic acids is 2. The third kappa shape index (κ3) is 7.78. The van der Waals surface area contributed by atoms with Crippen molar-refractivity contribution in [2.24, 2.45) is 5.92 Å². The van der Waals surface area contributed by atoms with Crippen molar-refractivity contribution < 1.29 is 32.2 Å². The molecular formula is C32H39N3O7S. The Balaban J connectivity index is 1.75. The molecule has 1 aliphatic heterocycles. The van der Waals surface area contributed by atoms with Gasteiger partial charge in [-0.05, 0) is 54.3 Å². The number of nitrogens with one attached hydrogen (secondary N) is 1. The number of fused-ring (bicyclic) bond motifs is 1. The van der Waals surface area contributed by atoms with Crippen molar-refractivity contribution in [1.82, 2.24) is 10.2 Å². The van der Waals surface area contributed by atoms with Crippen molar-refractivity contribution in [2.75, 3.05) is 37.7 Å². The van der Waals surface area contributed by atoms with E-state index in [0.29, 0.717) is 43.4 Å². The molecule has 1 aliphatic rings. The van der Waals surface area contributed by atoms with E-state index in [1.54, 1.807) is 61.7 Å². The van der Waals surface area contributed by atoms with Gasteiger partial charge in [0, 0.05) is 19.2 Å². The molecule has 11 heteroatoms. The summed E-state index contributed by atoms with van der Waals surface area (Å²) in [6.07, 6.45) is 0.328. The van der Waals surface area contributed by atoms with Crippen LogP contribution in [0.3, 0.4) is 0 Å². The molecule has 0 saturated carbocycles. The lowest BCUT2D eigenvalue weighted by Crippen LogP contribution is -2.52. The first-order valence-corrected chi connectivity index (χ1v) is 15.8. The number of anilines is 1. The van der Waals surface area contributed by atoms with Gasteiger partial charge in [0.2, 0.25) is 11.8 Å². The van der Waals surface area contributed by atoms with E-state index >= 15 is 0 Å². The highest BCUT2D eigenvalue weighted by atomic mass is 32.2. The minimum Gasteiger partial charge on any atom is -0.497 e. The van der Waals surface area contributed by atoms with E-state index in [-0.39, 0.29) is 29.0 Å². The normalized spacial score (nSPS) is 13.2. The number of nitrogens with zero attached hydrogens (tertiary/aromatic N) is 2. The van der Waals surface area contributed by atoms with Crippen LogP contribution in [0.25, 0.3) is 0 Å². The van der Waals surface area contributed by atoms with E-state index in [0.717, 1.165) is 9.87 Å². The van der Waals surface area contributed by atoms with E-state index in [2.05, 4.69) is 5.32 Å². The van der Waals surface area contributed by atoms with Crippen molar-refractivity contribution in [3.05, 3.63) is 78.4 Å². The third-order valence-corrected chi connectivity index (χ3v) is 8.77. The fourth-order valence-electron chi connectivity index (χ4n) is 4.75. The smallest absolute Gasteiger partial charge is 0.264 e. The van der Waals surface area contributed by atoms with Crippen molar-refractivity contribution >= 4 is 27.5 Å². The van der Waals surface area contributed by atoms with Gasteiger partial charge in [0.25, 0.3) is 10.0 Å². The van der Waals surface area contributed by atoms with Gasteiger partial charge in [0.1, 0.15) is 31.5 Å². The van der Waals surface area contributed by atoms with Crippen LogP contribution in [0.15, 0.2) is 77.7 Å². The highest BCUT2D eigenvalue weighted by Crippen LogP contribution is 2.36. The number of hydrogen-bond donors (Lipinski definition) is 1. The highest BCUT2D eigenvalue weighted by molar-refractivity contribution is 7.92. The maximum atomic E-state index is 14.2. The summed E-state index contributed by atoms with van der Waals surface area (Å²) in [5.41, 5.74) is 0.972. The SMILES string of the molecule is CC[C@H](C(=O)NCC(C)C)N(Cc1cccc(OC)c1)C(=O)CN(c1ccc2c(c1)OCCO2)S(=O)(=O)c1ccccc1. The standard InChI is InChI=1S/C32H39N3O7S/c1-5-28(32(37)33-20-23(2)3)34(21-24-10-9-11-26(18-24)40-4)31(36)22-35(43(38,39)27-12-7-6-8-13-27)25-14-15-29-30(19-25)42-17-16-41-29/h6-15,18-19,23,28H,5,16-17,20-22H2,1-4H3,(H,33,37)/t28-/m1/s1. The molecule has 0 spiro atoms. The van der Waals surface area contributed by atoms with Crippen molar-refractivity contribution in [3.63, 3.8) is 0 Å². The number of amides is 2. The molecule has 10 nitrogen and oxygen atoms in total. The number of methoxy groups -OCH3 is 1. The van der Waals surface area contributed by atoms with Crippen LogP contribution >= 0.6 is 0 Å². The van der Waals surface area contributed by atoms with E-state index in [1.165, 1.54) is 17.0 Å². The lowest BCUT2D eigenvalue weighted by atomic mass is 10.1. The zero-order valence-corrected chi connectivity index (χ0v) is 25.8. The topological polar surface area (TPSA) is 114 Å². The summed E-state index contributed by atoms with van der Waals surface area (Å²) in [6.45, 7) is 6.47. The number of ether oxygens (including phenoxy) is 3. The Morgan fingerprint density at radius 3 is 2.35 bits per heavy atom. The van der Waals surface area contributed by atoms with Crippen LogP contribution in [0, 0.1) is 5.92 Å². The van der Waals surface area contributed by atoms with Crippen LogP contribution in [0.1, 0.15) is 32.8 Å². The second-order valence-electron chi connectivity index (χ2n) is 10.6. The minimum absolute atomic E-state index is 0.0266. The molecular weight excluding hydrogens is 570 g/mol. The van der Waals surface area contributed by atoms with Crippen LogP contribution in [0.4, 0.5) is 5.69 Å². The van der Waals surface area contributed by atoms with Gasteiger partial charge in [-0.15, -0.1) is 0 Å². The molecule has 43 heavy (non-hydrogen) atoms. The summed E-state index contributed by atoms with van der Waals surface area (Å²) < 4.78 is 45.8. The third-order valence-electron chi connectivity index (χ3n) is 6.98. The molecule has 2 amide bonds. The van der Waals surface area contributed by atoms with Crippen LogP contribution < -0.4 is 23.8 Å². The molecule has 1 atom stereocenters. The monoisotopic (exact) mass is 609 g/mol. The quantitative estimate of drug-likeness (QED) is 0.308. The molecule has 0 saturated heterocycles. The lowest BCUT2D eigenvalue weighted by Gasteiger charge is -2.33. The van der Waals surface area contributed by atoms with E-state index in [9.17, 15) is 18.0 Å². The largest absolute Gasteiger partial charge is 0.497 e. The van der Waals surface area contributed by atoms with Crippen molar-refractivity contribution in [2.45, 2.75) is 44.7 Å². The van der Waals surface area contributed by atoms with Gasteiger partial charge in [0.15, 0.2) is 11.5 Å². The van der Waals surface area contributed by atoms with Crippen molar-refractivity contribution in [1.29, 1.82) is 0 Å². The second kappa shape index (κ2) is 14.3. The maximum Gasteiger partial charge on any atom is 0.264 e. The fraction of sp³-hybridized carbons (Fsp3) is 0.375. The Morgan fingerprint density at radius 1 is 0.953 bits per heavy atom. The summed E-state index contributed by atoms with van der Waals surface area (Å²) in [5, 5.41) is 2.93. The van der Waals surface area contributed by atoms with Gasteiger partial charge in [-0.3, -0.25) is 13.9 Å². The Labute approximate surface area is 253 Å². The fourth-order valence-corrected chi connectivity index (χ4v) is 6.17. The summed E-state index contributed by atoms with van der Waals surface area (Å²) >= 11 is 0. The Hall–Kier alpha value is -4.25. The molecule has 3 aromatic carbocycles. The van der Waals surface area contributed by atoms with Gasteiger partial charge in [-0.2, -0.15) is 0 Å². The molecule has 3 aromatic rings. The molecule has 0 radical (unpaired) electrons. The minimum atomic E-state index is -4.20. The molecule has 0 fully saturated rings. The Kier molecular flexibility index (Phi) is 10.5.